The summed E-state index contributed by atoms with van der Waals surface area (Å²) in [6.07, 6.45) is 3.28. The molecule has 0 amide bonds. The van der Waals surface area contributed by atoms with Crippen LogP contribution in [-0.2, 0) is 6.42 Å². The minimum Gasteiger partial charge on any atom is -0.370 e. The molecule has 0 spiro atoms. The van der Waals surface area contributed by atoms with E-state index in [1.165, 1.54) is 29.8 Å². The van der Waals surface area contributed by atoms with Gasteiger partial charge < -0.3 is 15.5 Å². The molecule has 3 heteroatoms. The average molecular weight is 275 g/mol. The van der Waals surface area contributed by atoms with Crippen molar-refractivity contribution in [2.24, 2.45) is 5.73 Å². The molecule has 1 aliphatic rings. The molecule has 20 heavy (non-hydrogen) atoms. The largest absolute Gasteiger partial charge is 0.370 e. The molecule has 1 aromatic rings. The lowest BCUT2D eigenvalue weighted by molar-refractivity contribution is 0.360. The van der Waals surface area contributed by atoms with Gasteiger partial charge in [0.05, 0.1) is 0 Å². The van der Waals surface area contributed by atoms with E-state index in [4.69, 9.17) is 5.73 Å². The van der Waals surface area contributed by atoms with Crippen LogP contribution in [0.5, 0.6) is 0 Å². The highest BCUT2D eigenvalue weighted by molar-refractivity contribution is 5.51. The fourth-order valence-electron chi connectivity index (χ4n) is 2.84. The van der Waals surface area contributed by atoms with Crippen LogP contribution in [0.1, 0.15) is 30.9 Å². The van der Waals surface area contributed by atoms with Gasteiger partial charge in [0, 0.05) is 31.4 Å². The summed E-state index contributed by atoms with van der Waals surface area (Å²) < 4.78 is 0. The van der Waals surface area contributed by atoms with E-state index in [2.05, 4.69) is 48.9 Å². The van der Waals surface area contributed by atoms with Crippen molar-refractivity contribution < 1.29 is 0 Å². The number of nitrogens with zero attached hydrogens (tertiary/aromatic N) is 2. The number of hydrogen-bond acceptors (Lipinski definition) is 3. The lowest BCUT2D eigenvalue weighted by atomic mass is 9.99. The summed E-state index contributed by atoms with van der Waals surface area (Å²) in [7, 11) is 2.21. The first-order valence-corrected chi connectivity index (χ1v) is 7.88. The highest BCUT2D eigenvalue weighted by atomic mass is 15.2. The van der Waals surface area contributed by atoms with Crippen molar-refractivity contribution in [3.8, 4) is 0 Å². The Morgan fingerprint density at radius 1 is 1.20 bits per heavy atom. The van der Waals surface area contributed by atoms with Gasteiger partial charge in [0.2, 0.25) is 0 Å². The highest BCUT2D eigenvalue weighted by Crippen LogP contribution is 2.21. The van der Waals surface area contributed by atoms with Crippen molar-refractivity contribution in [3.05, 3.63) is 29.3 Å². The van der Waals surface area contributed by atoms with E-state index in [0.717, 1.165) is 32.5 Å². The third-order valence-corrected chi connectivity index (χ3v) is 4.42. The second-order valence-corrected chi connectivity index (χ2v) is 6.13. The van der Waals surface area contributed by atoms with E-state index in [1.54, 1.807) is 0 Å². The summed E-state index contributed by atoms with van der Waals surface area (Å²) in [6.45, 7) is 9.02. The summed E-state index contributed by atoms with van der Waals surface area (Å²) in [4.78, 5) is 4.93. The topological polar surface area (TPSA) is 32.5 Å². The second-order valence-electron chi connectivity index (χ2n) is 6.13. The fraction of sp³-hybridized carbons (Fsp3) is 0.647. The fourth-order valence-corrected chi connectivity index (χ4v) is 2.84. The van der Waals surface area contributed by atoms with Gasteiger partial charge in [0.1, 0.15) is 0 Å². The predicted octanol–water partition coefficient (Wildman–Crippen LogP) is 2.42. The zero-order chi connectivity index (χ0) is 14.5. The molecular formula is C17H29N3. The van der Waals surface area contributed by atoms with Gasteiger partial charge in [-0.25, -0.2) is 0 Å². The van der Waals surface area contributed by atoms with E-state index in [1.807, 2.05) is 0 Å². The molecule has 0 bridgehead atoms. The zero-order valence-corrected chi connectivity index (χ0v) is 13.2. The number of hydrogen-bond donors (Lipinski definition) is 1. The Hall–Kier alpha value is -1.06. The van der Waals surface area contributed by atoms with Crippen molar-refractivity contribution in [1.29, 1.82) is 0 Å². The molecule has 1 fully saturated rings. The number of aryl methyl sites for hydroxylation is 1. The van der Waals surface area contributed by atoms with Crippen LogP contribution < -0.4 is 10.6 Å². The molecule has 112 valence electrons. The van der Waals surface area contributed by atoms with Crippen LogP contribution in [0.25, 0.3) is 0 Å². The van der Waals surface area contributed by atoms with Crippen molar-refractivity contribution in [2.75, 3.05) is 38.1 Å². The molecule has 0 saturated carbocycles. The van der Waals surface area contributed by atoms with E-state index in [0.29, 0.717) is 0 Å². The molecular weight excluding hydrogens is 246 g/mol. The Balaban J connectivity index is 2.08. The normalized spacial score (nSPS) is 18.9. The maximum Gasteiger partial charge on any atom is 0.0369 e. The summed E-state index contributed by atoms with van der Waals surface area (Å²) in [5, 5.41) is 0. The number of benzene rings is 1. The average Bonchev–Trinajstić information content (AvgIpc) is 2.65. The number of anilines is 1. The van der Waals surface area contributed by atoms with Crippen molar-refractivity contribution in [3.63, 3.8) is 0 Å². The van der Waals surface area contributed by atoms with E-state index in [9.17, 15) is 0 Å². The molecule has 3 nitrogen and oxygen atoms in total. The van der Waals surface area contributed by atoms with Gasteiger partial charge in [-0.1, -0.05) is 13.0 Å². The van der Waals surface area contributed by atoms with Crippen LogP contribution in [0.2, 0.25) is 0 Å². The summed E-state index contributed by atoms with van der Waals surface area (Å²) in [5.41, 5.74) is 10.2. The minimum atomic E-state index is 0.284. The standard InChI is InChI=1S/C17H29N3/c1-4-16(18)13-15-6-7-17(12-14(15)2)20-9-5-8-19(3)10-11-20/h6-7,12,16H,4-5,8-11,13,18H2,1-3H3. The first-order chi connectivity index (χ1) is 9.60. The van der Waals surface area contributed by atoms with Gasteiger partial charge in [-0.2, -0.15) is 0 Å². The van der Waals surface area contributed by atoms with Gasteiger partial charge in [-0.15, -0.1) is 0 Å². The third-order valence-electron chi connectivity index (χ3n) is 4.42. The van der Waals surface area contributed by atoms with Gasteiger partial charge >= 0.3 is 0 Å². The maximum absolute atomic E-state index is 6.07. The Kier molecular flexibility index (Phi) is 5.44. The van der Waals surface area contributed by atoms with Crippen molar-refractivity contribution in [1.82, 2.24) is 4.90 Å². The van der Waals surface area contributed by atoms with Crippen LogP contribution in [-0.4, -0.2) is 44.2 Å². The number of rotatable bonds is 4. The number of nitrogens with two attached hydrogens (primary N) is 1. The summed E-state index contributed by atoms with van der Waals surface area (Å²) in [6, 6.07) is 7.17. The molecule has 1 atom stereocenters. The molecule has 1 aromatic carbocycles. The first kappa shape index (κ1) is 15.3. The van der Waals surface area contributed by atoms with Gasteiger partial charge in [0.15, 0.2) is 0 Å². The van der Waals surface area contributed by atoms with Gasteiger partial charge in [-0.05, 0) is 63.0 Å². The highest BCUT2D eigenvalue weighted by Gasteiger charge is 2.13. The molecule has 1 saturated heterocycles. The van der Waals surface area contributed by atoms with Crippen LogP contribution in [0.15, 0.2) is 18.2 Å². The van der Waals surface area contributed by atoms with Gasteiger partial charge in [-0.3, -0.25) is 0 Å². The van der Waals surface area contributed by atoms with Crippen LogP contribution in [0, 0.1) is 6.92 Å². The molecule has 0 aromatic heterocycles. The smallest absolute Gasteiger partial charge is 0.0369 e. The Labute approximate surface area is 123 Å². The predicted molar refractivity (Wildman–Crippen MR) is 87.5 cm³/mol. The van der Waals surface area contributed by atoms with Crippen molar-refractivity contribution in [2.45, 2.75) is 39.2 Å². The lowest BCUT2D eigenvalue weighted by Gasteiger charge is -2.24. The quantitative estimate of drug-likeness (QED) is 0.916. The van der Waals surface area contributed by atoms with Crippen LogP contribution in [0.4, 0.5) is 5.69 Å². The Morgan fingerprint density at radius 3 is 2.70 bits per heavy atom. The Bertz CT molecular complexity index is 430. The van der Waals surface area contributed by atoms with Crippen LogP contribution >= 0.6 is 0 Å². The third kappa shape index (κ3) is 3.97. The van der Waals surface area contributed by atoms with Crippen molar-refractivity contribution >= 4 is 5.69 Å². The lowest BCUT2D eigenvalue weighted by Crippen LogP contribution is -2.28. The van der Waals surface area contributed by atoms with E-state index < -0.39 is 0 Å². The molecule has 1 heterocycles. The maximum atomic E-state index is 6.07. The monoisotopic (exact) mass is 275 g/mol. The molecule has 2 rings (SSSR count). The van der Waals surface area contributed by atoms with E-state index >= 15 is 0 Å². The molecule has 0 radical (unpaired) electrons. The number of likely N-dealkylation sites (N-methyl/N-ethyl adjacent to an activating group) is 1. The summed E-state index contributed by atoms with van der Waals surface area (Å²) >= 11 is 0. The minimum absolute atomic E-state index is 0.284. The molecule has 2 N–H and O–H groups in total. The van der Waals surface area contributed by atoms with E-state index in [-0.39, 0.29) is 6.04 Å². The summed E-state index contributed by atoms with van der Waals surface area (Å²) in [5.74, 6) is 0. The first-order valence-electron chi connectivity index (χ1n) is 7.88. The van der Waals surface area contributed by atoms with Gasteiger partial charge in [0.25, 0.3) is 0 Å². The Morgan fingerprint density at radius 2 is 2.00 bits per heavy atom. The molecule has 1 unspecified atom stereocenters. The zero-order valence-electron chi connectivity index (χ0n) is 13.2. The van der Waals surface area contributed by atoms with Crippen LogP contribution in [0.3, 0.4) is 0 Å². The molecule has 0 aliphatic carbocycles. The SMILES string of the molecule is CCC(N)Cc1ccc(N2CCCN(C)CC2)cc1C. The second kappa shape index (κ2) is 7.09. The molecule has 1 aliphatic heterocycles.